The van der Waals surface area contributed by atoms with Gasteiger partial charge in [0.2, 0.25) is 5.82 Å². The number of carbonyl (C=O) groups is 1. The van der Waals surface area contributed by atoms with Crippen LogP contribution >= 0.6 is 11.3 Å². The van der Waals surface area contributed by atoms with Crippen LogP contribution in [0.4, 0.5) is 0 Å². The summed E-state index contributed by atoms with van der Waals surface area (Å²) in [5.74, 6) is 0.661. The van der Waals surface area contributed by atoms with Crippen LogP contribution < -0.4 is 5.32 Å². The van der Waals surface area contributed by atoms with Crippen molar-refractivity contribution in [3.63, 3.8) is 0 Å². The molecule has 0 bridgehead atoms. The maximum Gasteiger partial charge on any atom is 0.290 e. The third kappa shape index (κ3) is 3.19. The van der Waals surface area contributed by atoms with Gasteiger partial charge in [-0.25, -0.2) is 14.5 Å². The van der Waals surface area contributed by atoms with E-state index in [-0.39, 0.29) is 11.7 Å². The fourth-order valence-electron chi connectivity index (χ4n) is 3.52. The molecule has 8 heteroatoms. The van der Waals surface area contributed by atoms with Crippen molar-refractivity contribution in [1.82, 2.24) is 29.8 Å². The van der Waals surface area contributed by atoms with E-state index in [1.54, 1.807) is 22.2 Å². The van der Waals surface area contributed by atoms with Crippen LogP contribution in [0.25, 0.3) is 15.9 Å². The van der Waals surface area contributed by atoms with Crippen molar-refractivity contribution in [3.8, 4) is 0 Å². The van der Waals surface area contributed by atoms with Gasteiger partial charge in [0, 0.05) is 11.4 Å². The summed E-state index contributed by atoms with van der Waals surface area (Å²) in [4.78, 5) is 26.0. The van der Waals surface area contributed by atoms with Gasteiger partial charge in [0.15, 0.2) is 5.65 Å². The van der Waals surface area contributed by atoms with Crippen LogP contribution in [0.1, 0.15) is 40.8 Å². The Morgan fingerprint density at radius 3 is 3.12 bits per heavy atom. The minimum absolute atomic E-state index is 0.216. The number of rotatable bonds is 5. The summed E-state index contributed by atoms with van der Waals surface area (Å²) < 4.78 is 1.64. The molecule has 0 radical (unpaired) electrons. The van der Waals surface area contributed by atoms with Crippen molar-refractivity contribution in [2.24, 2.45) is 5.92 Å². The van der Waals surface area contributed by atoms with Gasteiger partial charge in [0.25, 0.3) is 5.91 Å². The molecule has 0 aliphatic heterocycles. The lowest BCUT2D eigenvalue weighted by atomic mass is 9.89. The summed E-state index contributed by atoms with van der Waals surface area (Å²) in [6.07, 6.45) is 5.95. The molecular weight excluding hydrogens is 348 g/mol. The number of carbonyl (C=O) groups excluding carboxylic acids is 1. The van der Waals surface area contributed by atoms with Crippen LogP contribution in [0.2, 0.25) is 0 Å². The zero-order valence-corrected chi connectivity index (χ0v) is 16.3. The molecule has 1 atom stereocenters. The van der Waals surface area contributed by atoms with Gasteiger partial charge in [-0.1, -0.05) is 6.92 Å². The minimum Gasteiger partial charge on any atom is -0.349 e. The second kappa shape index (κ2) is 6.92. The van der Waals surface area contributed by atoms with E-state index in [9.17, 15) is 4.79 Å². The average molecular weight is 372 g/mol. The highest BCUT2D eigenvalue weighted by Gasteiger charge is 2.24. The van der Waals surface area contributed by atoms with E-state index in [2.05, 4.69) is 32.2 Å². The fourth-order valence-corrected chi connectivity index (χ4v) is 4.70. The molecule has 1 aliphatic rings. The molecule has 138 valence electrons. The Hall–Kier alpha value is -2.06. The molecule has 1 aliphatic carbocycles. The highest BCUT2D eigenvalue weighted by Crippen LogP contribution is 2.38. The Kier molecular flexibility index (Phi) is 4.62. The number of nitrogens with zero attached hydrogens (tertiary/aromatic N) is 5. The molecular formula is C18H24N6OS. The van der Waals surface area contributed by atoms with Gasteiger partial charge in [-0.15, -0.1) is 16.4 Å². The smallest absolute Gasteiger partial charge is 0.290 e. The van der Waals surface area contributed by atoms with E-state index in [0.29, 0.717) is 12.5 Å². The van der Waals surface area contributed by atoms with Gasteiger partial charge in [-0.3, -0.25) is 4.79 Å². The molecule has 3 heterocycles. The van der Waals surface area contributed by atoms with E-state index in [4.69, 9.17) is 0 Å². The van der Waals surface area contributed by atoms with Crippen molar-refractivity contribution >= 4 is 33.1 Å². The van der Waals surface area contributed by atoms with Crippen molar-refractivity contribution < 1.29 is 4.79 Å². The number of hydrogen-bond donors (Lipinski definition) is 1. The number of nitrogens with one attached hydrogen (secondary N) is 1. The predicted molar refractivity (Wildman–Crippen MR) is 103 cm³/mol. The third-order valence-corrected chi connectivity index (χ3v) is 6.10. The molecule has 0 aromatic carbocycles. The van der Waals surface area contributed by atoms with Gasteiger partial charge in [0.05, 0.1) is 5.39 Å². The molecule has 0 saturated heterocycles. The Bertz CT molecular complexity index is 960. The Morgan fingerprint density at radius 1 is 1.46 bits per heavy atom. The zero-order valence-electron chi connectivity index (χ0n) is 15.4. The summed E-state index contributed by atoms with van der Waals surface area (Å²) >= 11 is 1.76. The van der Waals surface area contributed by atoms with Crippen molar-refractivity contribution in [1.29, 1.82) is 0 Å². The van der Waals surface area contributed by atoms with Gasteiger partial charge in [-0.2, -0.15) is 0 Å². The second-order valence-electron chi connectivity index (χ2n) is 7.39. The van der Waals surface area contributed by atoms with Crippen molar-refractivity contribution in [3.05, 3.63) is 22.6 Å². The normalized spacial score (nSPS) is 17.2. The first-order chi connectivity index (χ1) is 12.5. The molecule has 4 rings (SSSR count). The lowest BCUT2D eigenvalue weighted by molar-refractivity contribution is 0.0942. The van der Waals surface area contributed by atoms with Gasteiger partial charge < -0.3 is 10.2 Å². The first kappa shape index (κ1) is 17.4. The molecule has 1 N–H and O–H groups in total. The second-order valence-corrected chi connectivity index (χ2v) is 8.48. The number of hydrogen-bond acceptors (Lipinski definition) is 6. The number of aryl methyl sites for hydroxylation is 1. The highest BCUT2D eigenvalue weighted by molar-refractivity contribution is 7.19. The summed E-state index contributed by atoms with van der Waals surface area (Å²) in [7, 11) is 4.04. The molecule has 3 aromatic rings. The molecule has 26 heavy (non-hydrogen) atoms. The number of thiophene rings is 1. The van der Waals surface area contributed by atoms with Crippen LogP contribution in [0.3, 0.4) is 0 Å². The monoisotopic (exact) mass is 372 g/mol. The molecule has 0 saturated carbocycles. The van der Waals surface area contributed by atoms with Crippen LogP contribution in [-0.2, 0) is 12.8 Å². The number of amides is 1. The highest BCUT2D eigenvalue weighted by atomic mass is 32.1. The standard InChI is InChI=1S/C18H24N6OS/c1-11-5-6-13-12(9-11)14-16-21-15(17(25)19-7-4-8-23(2)3)22-24(16)10-20-18(14)26-13/h10-11H,4-9H2,1-3H3,(H,19,25). The molecule has 1 unspecified atom stereocenters. The summed E-state index contributed by atoms with van der Waals surface area (Å²) in [6, 6.07) is 0. The van der Waals surface area contributed by atoms with E-state index < -0.39 is 0 Å². The van der Waals surface area contributed by atoms with E-state index in [0.717, 1.165) is 41.7 Å². The van der Waals surface area contributed by atoms with Crippen molar-refractivity contribution in [2.75, 3.05) is 27.2 Å². The van der Waals surface area contributed by atoms with E-state index in [1.165, 1.54) is 16.9 Å². The first-order valence-corrected chi connectivity index (χ1v) is 9.93. The van der Waals surface area contributed by atoms with Gasteiger partial charge in [0.1, 0.15) is 11.2 Å². The number of aromatic nitrogens is 4. The van der Waals surface area contributed by atoms with Crippen LogP contribution in [0.5, 0.6) is 0 Å². The SMILES string of the molecule is CC1CCc2sc3ncn4nc(C(=O)NCCCN(C)C)nc4c3c2C1. The van der Waals surface area contributed by atoms with Gasteiger partial charge in [-0.05, 0) is 57.8 Å². The Labute approximate surface area is 156 Å². The largest absolute Gasteiger partial charge is 0.349 e. The quantitative estimate of drug-likeness (QED) is 0.695. The summed E-state index contributed by atoms with van der Waals surface area (Å²) in [5, 5.41) is 8.34. The van der Waals surface area contributed by atoms with Crippen molar-refractivity contribution in [2.45, 2.75) is 32.6 Å². The predicted octanol–water partition coefficient (Wildman–Crippen LogP) is 2.15. The minimum atomic E-state index is -0.224. The maximum atomic E-state index is 12.4. The first-order valence-electron chi connectivity index (χ1n) is 9.11. The van der Waals surface area contributed by atoms with Crippen LogP contribution in [0.15, 0.2) is 6.33 Å². The van der Waals surface area contributed by atoms with E-state index >= 15 is 0 Å². The molecule has 3 aromatic heterocycles. The Balaban J connectivity index is 1.63. The topological polar surface area (TPSA) is 75.4 Å². The van der Waals surface area contributed by atoms with Crippen LogP contribution in [-0.4, -0.2) is 57.6 Å². The molecule has 7 nitrogen and oxygen atoms in total. The average Bonchev–Trinajstić information content (AvgIpc) is 3.18. The lowest BCUT2D eigenvalue weighted by Gasteiger charge is -2.17. The summed E-state index contributed by atoms with van der Waals surface area (Å²) in [6.45, 7) is 3.84. The number of fused-ring (bicyclic) bond motifs is 5. The van der Waals surface area contributed by atoms with E-state index in [1.807, 2.05) is 14.1 Å². The molecule has 0 fully saturated rings. The summed E-state index contributed by atoms with van der Waals surface area (Å²) in [5.41, 5.74) is 2.10. The molecule has 1 amide bonds. The van der Waals surface area contributed by atoms with Crippen LogP contribution in [0, 0.1) is 5.92 Å². The van der Waals surface area contributed by atoms with Gasteiger partial charge >= 0.3 is 0 Å². The fraction of sp³-hybridized carbons (Fsp3) is 0.556. The zero-order chi connectivity index (χ0) is 18.3. The lowest BCUT2D eigenvalue weighted by Crippen LogP contribution is -2.28. The third-order valence-electron chi connectivity index (χ3n) is 4.90. The Morgan fingerprint density at radius 2 is 2.31 bits per heavy atom. The molecule has 0 spiro atoms. The maximum absolute atomic E-state index is 12.4.